The molecule has 4 N–H and O–H groups in total. The standard InChI is InChI=1S/C12H19N3O/c1-7-10(6-13)12(16)15(8(2)11(7)14)9-4-3-5-9/h9H,3-6,13-14H2,1-2H3. The summed E-state index contributed by atoms with van der Waals surface area (Å²) in [6, 6.07) is 0.334. The summed E-state index contributed by atoms with van der Waals surface area (Å²) < 4.78 is 1.84. The van der Waals surface area contributed by atoms with Crippen molar-refractivity contribution in [2.45, 2.75) is 45.7 Å². The van der Waals surface area contributed by atoms with Gasteiger partial charge in [-0.3, -0.25) is 4.79 Å². The molecule has 0 amide bonds. The summed E-state index contributed by atoms with van der Waals surface area (Å²) in [5.74, 6) is 0. The number of nitrogen functional groups attached to an aromatic ring is 1. The first kappa shape index (κ1) is 11.2. The van der Waals surface area contributed by atoms with Crippen LogP contribution in [0.2, 0.25) is 0 Å². The largest absolute Gasteiger partial charge is 0.397 e. The SMILES string of the molecule is Cc1c(N)c(C)n(C2CCC2)c(=O)c1CN. The van der Waals surface area contributed by atoms with Crippen molar-refractivity contribution in [3.05, 3.63) is 27.2 Å². The van der Waals surface area contributed by atoms with Crippen LogP contribution in [0.25, 0.3) is 0 Å². The zero-order valence-electron chi connectivity index (χ0n) is 9.92. The predicted molar refractivity (Wildman–Crippen MR) is 65.4 cm³/mol. The van der Waals surface area contributed by atoms with Crippen LogP contribution >= 0.6 is 0 Å². The Morgan fingerprint density at radius 3 is 2.44 bits per heavy atom. The van der Waals surface area contributed by atoms with Gasteiger partial charge >= 0.3 is 0 Å². The maximum atomic E-state index is 12.3. The van der Waals surface area contributed by atoms with Crippen LogP contribution in [-0.2, 0) is 6.54 Å². The van der Waals surface area contributed by atoms with Gasteiger partial charge in [-0.05, 0) is 38.7 Å². The molecule has 1 saturated carbocycles. The lowest BCUT2D eigenvalue weighted by atomic mass is 9.91. The molecule has 1 aliphatic rings. The number of anilines is 1. The minimum Gasteiger partial charge on any atom is -0.397 e. The van der Waals surface area contributed by atoms with Crippen molar-refractivity contribution in [3.8, 4) is 0 Å². The maximum absolute atomic E-state index is 12.3. The summed E-state index contributed by atoms with van der Waals surface area (Å²) in [6.45, 7) is 4.06. The molecule has 0 radical (unpaired) electrons. The molecule has 4 nitrogen and oxygen atoms in total. The van der Waals surface area contributed by atoms with Gasteiger partial charge in [-0.25, -0.2) is 0 Å². The van der Waals surface area contributed by atoms with Crippen LogP contribution in [0, 0.1) is 13.8 Å². The van der Waals surface area contributed by atoms with Gasteiger partial charge in [-0.1, -0.05) is 0 Å². The highest BCUT2D eigenvalue weighted by Gasteiger charge is 2.24. The smallest absolute Gasteiger partial charge is 0.255 e. The van der Waals surface area contributed by atoms with E-state index in [-0.39, 0.29) is 12.1 Å². The average molecular weight is 221 g/mol. The molecule has 1 fully saturated rings. The molecule has 1 aromatic heterocycles. The third kappa shape index (κ3) is 1.45. The molecule has 0 unspecified atom stereocenters. The minimum atomic E-state index is 0.0522. The number of rotatable bonds is 2. The van der Waals surface area contributed by atoms with Crippen molar-refractivity contribution in [2.75, 3.05) is 5.73 Å². The van der Waals surface area contributed by atoms with Crippen LogP contribution in [0.1, 0.15) is 42.1 Å². The van der Waals surface area contributed by atoms with Crippen molar-refractivity contribution in [1.29, 1.82) is 0 Å². The lowest BCUT2D eigenvalue weighted by Crippen LogP contribution is -2.35. The van der Waals surface area contributed by atoms with Crippen LogP contribution in [0.4, 0.5) is 5.69 Å². The molecule has 88 valence electrons. The van der Waals surface area contributed by atoms with Gasteiger partial charge in [0.2, 0.25) is 0 Å². The van der Waals surface area contributed by atoms with E-state index in [9.17, 15) is 4.79 Å². The minimum absolute atomic E-state index is 0.0522. The van der Waals surface area contributed by atoms with E-state index < -0.39 is 0 Å². The molecule has 0 aliphatic heterocycles. The summed E-state index contributed by atoms with van der Waals surface area (Å²) >= 11 is 0. The summed E-state index contributed by atoms with van der Waals surface area (Å²) in [4.78, 5) is 12.3. The van der Waals surface area contributed by atoms with E-state index >= 15 is 0 Å². The number of pyridine rings is 1. The van der Waals surface area contributed by atoms with E-state index in [4.69, 9.17) is 11.5 Å². The quantitative estimate of drug-likeness (QED) is 0.788. The van der Waals surface area contributed by atoms with E-state index in [2.05, 4.69) is 0 Å². The highest BCUT2D eigenvalue weighted by molar-refractivity contribution is 5.53. The first-order chi connectivity index (χ1) is 7.57. The topological polar surface area (TPSA) is 74.0 Å². The first-order valence-corrected chi connectivity index (χ1v) is 5.78. The average Bonchev–Trinajstić information content (AvgIpc) is 2.19. The fraction of sp³-hybridized carbons (Fsp3) is 0.583. The Labute approximate surface area is 95.3 Å². The van der Waals surface area contributed by atoms with Gasteiger partial charge in [0, 0.05) is 23.8 Å². The number of aromatic nitrogens is 1. The molecule has 0 aromatic carbocycles. The lowest BCUT2D eigenvalue weighted by Gasteiger charge is -2.31. The van der Waals surface area contributed by atoms with Crippen LogP contribution in [0.3, 0.4) is 0 Å². The van der Waals surface area contributed by atoms with E-state index in [0.29, 0.717) is 17.3 Å². The summed E-state index contributed by atoms with van der Waals surface area (Å²) in [6.07, 6.45) is 3.35. The van der Waals surface area contributed by atoms with Gasteiger partial charge in [0.05, 0.1) is 5.69 Å². The molecule has 2 rings (SSSR count). The summed E-state index contributed by atoms with van der Waals surface area (Å²) in [5.41, 5.74) is 14.8. The van der Waals surface area contributed by atoms with E-state index in [0.717, 1.165) is 24.1 Å². The maximum Gasteiger partial charge on any atom is 0.255 e. The lowest BCUT2D eigenvalue weighted by molar-refractivity contribution is 0.301. The van der Waals surface area contributed by atoms with Crippen molar-refractivity contribution < 1.29 is 0 Å². The van der Waals surface area contributed by atoms with E-state index in [1.807, 2.05) is 18.4 Å². The molecule has 1 heterocycles. The Hall–Kier alpha value is -1.29. The molecule has 0 bridgehead atoms. The van der Waals surface area contributed by atoms with Crippen molar-refractivity contribution in [1.82, 2.24) is 4.57 Å². The zero-order valence-corrected chi connectivity index (χ0v) is 9.92. The number of hydrogen-bond donors (Lipinski definition) is 2. The van der Waals surface area contributed by atoms with Crippen molar-refractivity contribution in [2.24, 2.45) is 5.73 Å². The Kier molecular flexibility index (Phi) is 2.76. The Bertz CT molecular complexity index is 472. The molecule has 16 heavy (non-hydrogen) atoms. The molecule has 0 saturated heterocycles. The van der Waals surface area contributed by atoms with Gasteiger partial charge < -0.3 is 16.0 Å². The molecule has 0 atom stereocenters. The van der Waals surface area contributed by atoms with E-state index in [1.165, 1.54) is 6.42 Å². The second-order valence-electron chi connectivity index (χ2n) is 4.57. The number of nitrogens with zero attached hydrogens (tertiary/aromatic N) is 1. The monoisotopic (exact) mass is 221 g/mol. The fourth-order valence-electron chi connectivity index (χ4n) is 2.35. The zero-order chi connectivity index (χ0) is 11.9. The van der Waals surface area contributed by atoms with Gasteiger partial charge in [0.1, 0.15) is 0 Å². The first-order valence-electron chi connectivity index (χ1n) is 5.78. The van der Waals surface area contributed by atoms with E-state index in [1.54, 1.807) is 0 Å². The predicted octanol–water partition coefficient (Wildman–Crippen LogP) is 1.23. The van der Waals surface area contributed by atoms with Crippen molar-refractivity contribution >= 4 is 5.69 Å². The second-order valence-corrected chi connectivity index (χ2v) is 4.57. The van der Waals surface area contributed by atoms with Gasteiger partial charge in [0.15, 0.2) is 0 Å². The summed E-state index contributed by atoms with van der Waals surface area (Å²) in [7, 11) is 0. The Balaban J connectivity index is 2.68. The van der Waals surface area contributed by atoms with Gasteiger partial charge in [-0.15, -0.1) is 0 Å². The van der Waals surface area contributed by atoms with Crippen LogP contribution < -0.4 is 17.0 Å². The van der Waals surface area contributed by atoms with Crippen LogP contribution in [0.15, 0.2) is 4.79 Å². The highest BCUT2D eigenvalue weighted by atomic mass is 16.1. The fourth-order valence-corrected chi connectivity index (χ4v) is 2.35. The Morgan fingerprint density at radius 1 is 1.38 bits per heavy atom. The van der Waals surface area contributed by atoms with Crippen LogP contribution in [0.5, 0.6) is 0 Å². The molecule has 0 spiro atoms. The number of hydrogen-bond acceptors (Lipinski definition) is 3. The normalized spacial score (nSPS) is 16.2. The molecule has 1 aliphatic carbocycles. The van der Waals surface area contributed by atoms with Gasteiger partial charge in [0.25, 0.3) is 5.56 Å². The second kappa shape index (κ2) is 3.94. The third-order valence-electron chi connectivity index (χ3n) is 3.73. The molecular weight excluding hydrogens is 202 g/mol. The van der Waals surface area contributed by atoms with Crippen molar-refractivity contribution in [3.63, 3.8) is 0 Å². The van der Waals surface area contributed by atoms with Gasteiger partial charge in [-0.2, -0.15) is 0 Å². The Morgan fingerprint density at radius 2 is 2.00 bits per heavy atom. The van der Waals surface area contributed by atoms with Crippen LogP contribution in [-0.4, -0.2) is 4.57 Å². The number of nitrogens with two attached hydrogens (primary N) is 2. The molecule has 4 heteroatoms. The summed E-state index contributed by atoms with van der Waals surface area (Å²) in [5, 5.41) is 0. The molecular formula is C12H19N3O. The third-order valence-corrected chi connectivity index (χ3v) is 3.73. The highest BCUT2D eigenvalue weighted by Crippen LogP contribution is 2.33. The molecule has 1 aromatic rings.